The third-order valence-corrected chi connectivity index (χ3v) is 4.18. The van der Waals surface area contributed by atoms with E-state index in [9.17, 15) is 4.79 Å². The molecule has 0 unspecified atom stereocenters. The summed E-state index contributed by atoms with van der Waals surface area (Å²) in [5, 5.41) is 9.05. The Bertz CT molecular complexity index is 267. The highest BCUT2D eigenvalue weighted by atomic mass is 16.4. The number of allylic oxidation sites excluding steroid dienone is 1. The normalized spacial score (nSPS) is 12.1. The Morgan fingerprint density at radius 3 is 1.67 bits per heavy atom. The van der Waals surface area contributed by atoms with Crippen molar-refractivity contribution in [2.45, 2.75) is 97.8 Å². The van der Waals surface area contributed by atoms with Crippen molar-refractivity contribution in [1.82, 2.24) is 0 Å². The first-order valence-corrected chi connectivity index (χ1v) is 9.03. The molecule has 0 fully saturated rings. The molecule has 2 nitrogen and oxygen atoms in total. The molecule has 21 heavy (non-hydrogen) atoms. The van der Waals surface area contributed by atoms with Crippen LogP contribution in [-0.4, -0.2) is 11.1 Å². The van der Waals surface area contributed by atoms with Crippen LogP contribution in [0.4, 0.5) is 0 Å². The minimum Gasteiger partial charge on any atom is -0.478 e. The van der Waals surface area contributed by atoms with Gasteiger partial charge in [-0.2, -0.15) is 0 Å². The first-order chi connectivity index (χ1) is 10.1. The first kappa shape index (κ1) is 20.2. The van der Waals surface area contributed by atoms with E-state index in [0.717, 1.165) is 12.8 Å². The zero-order valence-electron chi connectivity index (χ0n) is 14.5. The molecular formula is C19H36O2. The summed E-state index contributed by atoms with van der Waals surface area (Å²) in [6.45, 7) is 6.19. The molecule has 0 amide bonds. The average molecular weight is 296 g/mol. The molecule has 0 rings (SSSR count). The van der Waals surface area contributed by atoms with Crippen LogP contribution in [0.15, 0.2) is 11.6 Å². The van der Waals surface area contributed by atoms with Crippen molar-refractivity contribution in [3.8, 4) is 0 Å². The molecular weight excluding hydrogens is 260 g/mol. The predicted molar refractivity (Wildman–Crippen MR) is 91.6 cm³/mol. The van der Waals surface area contributed by atoms with E-state index < -0.39 is 5.97 Å². The molecule has 0 aromatic rings. The summed E-state index contributed by atoms with van der Waals surface area (Å²) in [5.41, 5.74) is 0.516. The SMILES string of the molecule is CCCCCCCC(/C=C(\C)C(=O)O)CCCCCCC. The zero-order chi connectivity index (χ0) is 15.9. The Hall–Kier alpha value is -0.790. The summed E-state index contributed by atoms with van der Waals surface area (Å²) in [7, 11) is 0. The van der Waals surface area contributed by atoms with E-state index in [1.54, 1.807) is 6.92 Å². The van der Waals surface area contributed by atoms with Gasteiger partial charge in [0, 0.05) is 5.57 Å². The summed E-state index contributed by atoms with van der Waals surface area (Å²) >= 11 is 0. The van der Waals surface area contributed by atoms with Gasteiger partial charge in [-0.1, -0.05) is 84.1 Å². The zero-order valence-corrected chi connectivity index (χ0v) is 14.5. The fourth-order valence-corrected chi connectivity index (χ4v) is 2.76. The van der Waals surface area contributed by atoms with E-state index in [4.69, 9.17) is 5.11 Å². The summed E-state index contributed by atoms with van der Waals surface area (Å²) in [6.07, 6.45) is 17.2. The molecule has 0 aromatic carbocycles. The molecule has 0 saturated carbocycles. The van der Waals surface area contributed by atoms with E-state index in [-0.39, 0.29) is 0 Å². The van der Waals surface area contributed by atoms with Gasteiger partial charge in [0.1, 0.15) is 0 Å². The van der Waals surface area contributed by atoms with Crippen LogP contribution in [0.1, 0.15) is 97.8 Å². The molecule has 0 radical (unpaired) electrons. The van der Waals surface area contributed by atoms with Gasteiger partial charge in [-0.25, -0.2) is 4.79 Å². The summed E-state index contributed by atoms with van der Waals surface area (Å²) in [5.74, 6) is -0.304. The van der Waals surface area contributed by atoms with Crippen molar-refractivity contribution < 1.29 is 9.90 Å². The number of aliphatic carboxylic acids is 1. The largest absolute Gasteiger partial charge is 0.478 e. The van der Waals surface area contributed by atoms with Gasteiger partial charge < -0.3 is 5.11 Å². The van der Waals surface area contributed by atoms with Crippen molar-refractivity contribution in [3.05, 3.63) is 11.6 Å². The standard InChI is InChI=1S/C19H36O2/c1-4-6-8-10-12-14-18(16-17(3)19(20)21)15-13-11-9-7-5-2/h16,18H,4-15H2,1-3H3,(H,20,21)/b17-16+. The monoisotopic (exact) mass is 296 g/mol. The van der Waals surface area contributed by atoms with Crippen LogP contribution in [-0.2, 0) is 4.79 Å². The van der Waals surface area contributed by atoms with Crippen molar-refractivity contribution >= 4 is 5.97 Å². The molecule has 0 aliphatic rings. The maximum absolute atomic E-state index is 11.0. The third-order valence-electron chi connectivity index (χ3n) is 4.18. The summed E-state index contributed by atoms with van der Waals surface area (Å²) in [4.78, 5) is 11.0. The number of carboxylic acid groups (broad SMARTS) is 1. The molecule has 2 heteroatoms. The van der Waals surface area contributed by atoms with Crippen LogP contribution in [0.2, 0.25) is 0 Å². The van der Waals surface area contributed by atoms with Gasteiger partial charge in [-0.15, -0.1) is 0 Å². The van der Waals surface area contributed by atoms with E-state index in [1.807, 2.05) is 6.08 Å². The second-order valence-electron chi connectivity index (χ2n) is 6.32. The lowest BCUT2D eigenvalue weighted by atomic mass is 9.92. The van der Waals surface area contributed by atoms with Crippen LogP contribution in [0.5, 0.6) is 0 Å². The van der Waals surface area contributed by atoms with Crippen LogP contribution >= 0.6 is 0 Å². The lowest BCUT2D eigenvalue weighted by molar-refractivity contribution is -0.132. The minimum atomic E-state index is -0.767. The minimum absolute atomic E-state index is 0.462. The van der Waals surface area contributed by atoms with E-state index in [2.05, 4.69) is 13.8 Å². The third kappa shape index (κ3) is 12.6. The van der Waals surface area contributed by atoms with Gasteiger partial charge in [-0.05, 0) is 25.7 Å². The maximum Gasteiger partial charge on any atom is 0.330 e. The molecule has 124 valence electrons. The molecule has 1 N–H and O–H groups in total. The van der Waals surface area contributed by atoms with Gasteiger partial charge in [0.05, 0.1) is 0 Å². The number of carboxylic acids is 1. The number of hydrogen-bond donors (Lipinski definition) is 1. The Balaban J connectivity index is 4.09. The Morgan fingerprint density at radius 2 is 1.29 bits per heavy atom. The van der Waals surface area contributed by atoms with Crippen LogP contribution in [0, 0.1) is 5.92 Å². The van der Waals surface area contributed by atoms with E-state index in [0.29, 0.717) is 11.5 Å². The van der Waals surface area contributed by atoms with Crippen LogP contribution in [0.25, 0.3) is 0 Å². The second kappa shape index (κ2) is 14.2. The van der Waals surface area contributed by atoms with Crippen molar-refractivity contribution in [3.63, 3.8) is 0 Å². The highest BCUT2D eigenvalue weighted by Crippen LogP contribution is 2.21. The molecule has 0 spiro atoms. The van der Waals surface area contributed by atoms with Crippen molar-refractivity contribution in [2.75, 3.05) is 0 Å². The van der Waals surface area contributed by atoms with E-state index in [1.165, 1.54) is 64.2 Å². The second-order valence-corrected chi connectivity index (χ2v) is 6.32. The predicted octanol–water partition coefficient (Wildman–Crippen LogP) is 6.35. The number of carbonyl (C=O) groups is 1. The molecule has 0 saturated heterocycles. The van der Waals surface area contributed by atoms with Crippen LogP contribution in [0.3, 0.4) is 0 Å². The fourth-order valence-electron chi connectivity index (χ4n) is 2.76. The molecule has 0 aromatic heterocycles. The topological polar surface area (TPSA) is 37.3 Å². The van der Waals surface area contributed by atoms with Gasteiger partial charge in [0.15, 0.2) is 0 Å². The fraction of sp³-hybridized carbons (Fsp3) is 0.842. The Kier molecular flexibility index (Phi) is 13.6. The number of hydrogen-bond acceptors (Lipinski definition) is 1. The molecule has 0 atom stereocenters. The van der Waals surface area contributed by atoms with Gasteiger partial charge in [0.2, 0.25) is 0 Å². The first-order valence-electron chi connectivity index (χ1n) is 9.03. The Labute approximate surface area is 132 Å². The van der Waals surface area contributed by atoms with Crippen molar-refractivity contribution in [1.29, 1.82) is 0 Å². The Morgan fingerprint density at radius 1 is 0.857 bits per heavy atom. The van der Waals surface area contributed by atoms with E-state index >= 15 is 0 Å². The molecule has 0 heterocycles. The molecule has 0 aliphatic carbocycles. The lowest BCUT2D eigenvalue weighted by Gasteiger charge is -2.13. The average Bonchev–Trinajstić information content (AvgIpc) is 2.46. The number of rotatable bonds is 14. The maximum atomic E-state index is 11.0. The van der Waals surface area contributed by atoms with Crippen molar-refractivity contribution in [2.24, 2.45) is 5.92 Å². The smallest absolute Gasteiger partial charge is 0.330 e. The quantitative estimate of drug-likeness (QED) is 0.299. The van der Waals surface area contributed by atoms with Gasteiger partial charge in [0.25, 0.3) is 0 Å². The highest BCUT2D eigenvalue weighted by molar-refractivity contribution is 5.85. The summed E-state index contributed by atoms with van der Waals surface area (Å²) < 4.78 is 0. The van der Waals surface area contributed by atoms with Crippen LogP contribution < -0.4 is 0 Å². The van der Waals surface area contributed by atoms with Gasteiger partial charge >= 0.3 is 5.97 Å². The molecule has 0 bridgehead atoms. The summed E-state index contributed by atoms with van der Waals surface area (Å²) in [6, 6.07) is 0. The van der Waals surface area contributed by atoms with Gasteiger partial charge in [-0.3, -0.25) is 0 Å². The molecule has 0 aliphatic heterocycles. The highest BCUT2D eigenvalue weighted by Gasteiger charge is 2.09. The number of unbranched alkanes of at least 4 members (excludes halogenated alkanes) is 8. The lowest BCUT2D eigenvalue weighted by Crippen LogP contribution is -2.03.